The number of amides is 1. The van der Waals surface area contributed by atoms with Crippen LogP contribution < -0.4 is 5.32 Å². The lowest BCUT2D eigenvalue weighted by atomic mass is 10.1. The van der Waals surface area contributed by atoms with Crippen molar-refractivity contribution in [2.75, 3.05) is 0 Å². The van der Waals surface area contributed by atoms with Crippen molar-refractivity contribution in [2.45, 2.75) is 13.5 Å². The number of benzene rings is 1. The van der Waals surface area contributed by atoms with Crippen LogP contribution in [-0.2, 0) is 6.54 Å². The van der Waals surface area contributed by atoms with Gasteiger partial charge < -0.3 is 5.32 Å². The maximum absolute atomic E-state index is 11.9. The number of rotatable bonds is 3. The molecule has 0 bridgehead atoms. The Morgan fingerprint density at radius 3 is 2.95 bits per heavy atom. The third kappa shape index (κ3) is 3.39. The normalized spacial score (nSPS) is 9.68. The van der Waals surface area contributed by atoms with Crippen LogP contribution in [0.2, 0.25) is 0 Å². The fourth-order valence-corrected chi connectivity index (χ4v) is 1.74. The monoisotopic (exact) mass is 251 g/mol. The Bertz CT molecular complexity index is 644. The van der Waals surface area contributed by atoms with Crippen LogP contribution in [0.3, 0.4) is 0 Å². The molecule has 0 aliphatic carbocycles. The Kier molecular flexibility index (Phi) is 3.89. The number of hydrogen-bond donors (Lipinski definition) is 1. The van der Waals surface area contributed by atoms with E-state index in [4.69, 9.17) is 5.26 Å². The van der Waals surface area contributed by atoms with Gasteiger partial charge in [-0.05, 0) is 24.6 Å². The first kappa shape index (κ1) is 12.8. The number of nitriles is 1. The summed E-state index contributed by atoms with van der Waals surface area (Å²) in [7, 11) is 0. The molecule has 0 atom stereocenters. The van der Waals surface area contributed by atoms with Crippen LogP contribution in [0, 0.1) is 18.3 Å². The number of nitrogens with one attached hydrogen (secondary N) is 1. The van der Waals surface area contributed by atoms with Crippen LogP contribution in [0.15, 0.2) is 42.6 Å². The quantitative estimate of drug-likeness (QED) is 0.909. The van der Waals surface area contributed by atoms with Crippen LogP contribution in [0.25, 0.3) is 0 Å². The molecule has 4 nitrogen and oxygen atoms in total. The average Bonchev–Trinajstić information content (AvgIpc) is 2.45. The van der Waals surface area contributed by atoms with Crippen molar-refractivity contribution in [1.29, 1.82) is 5.26 Å². The molecule has 0 aliphatic rings. The van der Waals surface area contributed by atoms with E-state index in [9.17, 15) is 4.79 Å². The number of hydrogen-bond acceptors (Lipinski definition) is 3. The second kappa shape index (κ2) is 5.78. The van der Waals surface area contributed by atoms with Crippen LogP contribution >= 0.6 is 0 Å². The van der Waals surface area contributed by atoms with E-state index < -0.39 is 0 Å². The Labute approximate surface area is 111 Å². The van der Waals surface area contributed by atoms with Crippen molar-refractivity contribution < 1.29 is 4.79 Å². The van der Waals surface area contributed by atoms with E-state index in [0.29, 0.717) is 12.1 Å². The van der Waals surface area contributed by atoms with Gasteiger partial charge in [-0.25, -0.2) is 4.98 Å². The summed E-state index contributed by atoms with van der Waals surface area (Å²) < 4.78 is 0. The molecule has 0 saturated heterocycles. The van der Waals surface area contributed by atoms with Crippen molar-refractivity contribution in [2.24, 2.45) is 0 Å². The van der Waals surface area contributed by atoms with Gasteiger partial charge in [0.15, 0.2) is 0 Å². The highest BCUT2D eigenvalue weighted by molar-refractivity contribution is 5.94. The van der Waals surface area contributed by atoms with Gasteiger partial charge in [0, 0.05) is 18.3 Å². The fraction of sp³-hybridized carbons (Fsp3) is 0.133. The molecule has 94 valence electrons. The molecular weight excluding hydrogens is 238 g/mol. The molecule has 1 aromatic heterocycles. The van der Waals surface area contributed by atoms with E-state index in [1.165, 1.54) is 12.3 Å². The highest BCUT2D eigenvalue weighted by Crippen LogP contribution is 2.05. The smallest absolute Gasteiger partial charge is 0.251 e. The van der Waals surface area contributed by atoms with Gasteiger partial charge in [0.1, 0.15) is 11.8 Å². The maximum Gasteiger partial charge on any atom is 0.251 e. The average molecular weight is 251 g/mol. The molecule has 19 heavy (non-hydrogen) atoms. The fourth-order valence-electron chi connectivity index (χ4n) is 1.74. The molecule has 0 saturated carbocycles. The topological polar surface area (TPSA) is 65.8 Å². The lowest BCUT2D eigenvalue weighted by molar-refractivity contribution is 0.0950. The Hall–Kier alpha value is -2.67. The zero-order valence-corrected chi connectivity index (χ0v) is 10.6. The van der Waals surface area contributed by atoms with Crippen LogP contribution in [-0.4, -0.2) is 10.9 Å². The van der Waals surface area contributed by atoms with Crippen LogP contribution in [0.1, 0.15) is 27.2 Å². The number of nitrogens with zero attached hydrogens (tertiary/aromatic N) is 2. The summed E-state index contributed by atoms with van der Waals surface area (Å²) in [6.45, 7) is 2.47. The van der Waals surface area contributed by atoms with E-state index in [2.05, 4.69) is 10.3 Å². The first-order valence-corrected chi connectivity index (χ1v) is 5.89. The van der Waals surface area contributed by atoms with E-state index in [1.54, 1.807) is 6.07 Å². The molecule has 0 spiro atoms. The molecule has 2 rings (SSSR count). The van der Waals surface area contributed by atoms with Crippen molar-refractivity contribution in [3.63, 3.8) is 0 Å². The Morgan fingerprint density at radius 1 is 1.37 bits per heavy atom. The lowest BCUT2D eigenvalue weighted by Crippen LogP contribution is -2.22. The van der Waals surface area contributed by atoms with Gasteiger partial charge >= 0.3 is 0 Å². The van der Waals surface area contributed by atoms with Gasteiger partial charge in [0.25, 0.3) is 5.91 Å². The number of carbonyl (C=O) groups excluding carboxylic acids is 1. The summed E-state index contributed by atoms with van der Waals surface area (Å²) in [4.78, 5) is 15.8. The van der Waals surface area contributed by atoms with Crippen molar-refractivity contribution in [1.82, 2.24) is 10.3 Å². The third-order valence-electron chi connectivity index (χ3n) is 2.67. The minimum absolute atomic E-state index is 0.208. The summed E-state index contributed by atoms with van der Waals surface area (Å²) in [5.41, 5.74) is 2.88. The van der Waals surface area contributed by atoms with E-state index >= 15 is 0 Å². The van der Waals surface area contributed by atoms with E-state index in [0.717, 1.165) is 11.1 Å². The standard InChI is InChI=1S/C15H13N3O/c1-11-3-2-4-12(7-11)10-18-15(19)13-5-6-17-14(8-13)9-16/h2-8H,10H2,1H3,(H,18,19). The summed E-state index contributed by atoms with van der Waals surface area (Å²) in [6.07, 6.45) is 1.46. The lowest BCUT2D eigenvalue weighted by Gasteiger charge is -2.06. The summed E-state index contributed by atoms with van der Waals surface area (Å²) in [5, 5.41) is 11.6. The first-order chi connectivity index (χ1) is 9.19. The summed E-state index contributed by atoms with van der Waals surface area (Å²) in [5.74, 6) is -0.208. The number of aromatic nitrogens is 1. The van der Waals surface area contributed by atoms with Gasteiger partial charge in [-0.3, -0.25) is 4.79 Å². The van der Waals surface area contributed by atoms with Gasteiger partial charge in [0.05, 0.1) is 0 Å². The van der Waals surface area contributed by atoms with E-state index in [-0.39, 0.29) is 11.6 Å². The largest absolute Gasteiger partial charge is 0.348 e. The minimum Gasteiger partial charge on any atom is -0.348 e. The molecule has 0 radical (unpaired) electrons. The van der Waals surface area contributed by atoms with Gasteiger partial charge in [-0.1, -0.05) is 29.8 Å². The van der Waals surface area contributed by atoms with Crippen molar-refractivity contribution >= 4 is 5.91 Å². The highest BCUT2D eigenvalue weighted by Gasteiger charge is 2.06. The van der Waals surface area contributed by atoms with Gasteiger partial charge in [0.2, 0.25) is 0 Å². The molecule has 1 N–H and O–H groups in total. The third-order valence-corrected chi connectivity index (χ3v) is 2.67. The van der Waals surface area contributed by atoms with Crippen molar-refractivity contribution in [3.05, 3.63) is 65.0 Å². The molecule has 0 unspecified atom stereocenters. The number of aryl methyl sites for hydroxylation is 1. The molecule has 0 fully saturated rings. The molecule has 0 aliphatic heterocycles. The molecule has 1 amide bonds. The zero-order chi connectivity index (χ0) is 13.7. The molecular formula is C15H13N3O. The molecule has 4 heteroatoms. The second-order valence-electron chi connectivity index (χ2n) is 4.21. The van der Waals surface area contributed by atoms with Crippen LogP contribution in [0.5, 0.6) is 0 Å². The van der Waals surface area contributed by atoms with E-state index in [1.807, 2.05) is 37.3 Å². The zero-order valence-electron chi connectivity index (χ0n) is 10.6. The van der Waals surface area contributed by atoms with Crippen LogP contribution in [0.4, 0.5) is 0 Å². The SMILES string of the molecule is Cc1cccc(CNC(=O)c2ccnc(C#N)c2)c1. The number of pyridine rings is 1. The predicted octanol–water partition coefficient (Wildman–Crippen LogP) is 2.19. The molecule has 2 aromatic rings. The molecule has 1 aromatic carbocycles. The first-order valence-electron chi connectivity index (χ1n) is 5.89. The molecule has 1 heterocycles. The number of carbonyl (C=O) groups is 1. The highest BCUT2D eigenvalue weighted by atomic mass is 16.1. The Balaban J connectivity index is 2.03. The maximum atomic E-state index is 11.9. The minimum atomic E-state index is -0.208. The Morgan fingerprint density at radius 2 is 2.21 bits per heavy atom. The predicted molar refractivity (Wildman–Crippen MR) is 71.3 cm³/mol. The second-order valence-corrected chi connectivity index (χ2v) is 4.21. The van der Waals surface area contributed by atoms with Crippen molar-refractivity contribution in [3.8, 4) is 6.07 Å². The summed E-state index contributed by atoms with van der Waals surface area (Å²) >= 11 is 0. The summed E-state index contributed by atoms with van der Waals surface area (Å²) in [6, 6.07) is 12.9. The van der Waals surface area contributed by atoms with Gasteiger partial charge in [-0.2, -0.15) is 5.26 Å². The van der Waals surface area contributed by atoms with Gasteiger partial charge in [-0.15, -0.1) is 0 Å².